The van der Waals surface area contributed by atoms with Crippen LogP contribution in [-0.4, -0.2) is 10.1 Å². The van der Waals surface area contributed by atoms with E-state index in [9.17, 15) is 5.11 Å². The van der Waals surface area contributed by atoms with E-state index in [-0.39, 0.29) is 6.10 Å². The molecule has 2 heteroatoms. The number of aromatic nitrogens is 1. The summed E-state index contributed by atoms with van der Waals surface area (Å²) < 4.78 is 0. The molecule has 1 fully saturated rings. The highest BCUT2D eigenvalue weighted by Crippen LogP contribution is 2.38. The summed E-state index contributed by atoms with van der Waals surface area (Å²) in [5.41, 5.74) is 4.74. The quantitative estimate of drug-likeness (QED) is 0.760. The lowest BCUT2D eigenvalue weighted by Crippen LogP contribution is -2.00. The molecule has 0 saturated heterocycles. The minimum Gasteiger partial charge on any atom is -0.387 e. The third-order valence-electron chi connectivity index (χ3n) is 3.44. The van der Waals surface area contributed by atoms with Crippen LogP contribution >= 0.6 is 0 Å². The first kappa shape index (κ1) is 9.78. The van der Waals surface area contributed by atoms with Crippen LogP contribution in [-0.2, 0) is 0 Å². The number of rotatable bonds is 3. The smallest absolute Gasteiger partial charge is 0.0943 e. The molecule has 14 heavy (non-hydrogen) atoms. The van der Waals surface area contributed by atoms with Crippen molar-refractivity contribution in [2.24, 2.45) is 5.92 Å². The number of aliphatic hydroxyl groups is 1. The Morgan fingerprint density at radius 1 is 1.29 bits per heavy atom. The molecule has 2 rings (SSSR count). The third kappa shape index (κ3) is 1.71. The molecule has 1 aromatic heterocycles. The third-order valence-corrected chi connectivity index (χ3v) is 3.44. The minimum absolute atomic E-state index is 0.283. The van der Waals surface area contributed by atoms with Crippen LogP contribution in [0, 0.1) is 26.7 Å². The summed E-state index contributed by atoms with van der Waals surface area (Å²) in [4.78, 5) is 3.30. The fourth-order valence-corrected chi connectivity index (χ4v) is 1.99. The summed E-state index contributed by atoms with van der Waals surface area (Å²) in [6.45, 7) is 6.26. The summed E-state index contributed by atoms with van der Waals surface area (Å²) in [7, 11) is 0. The van der Waals surface area contributed by atoms with Crippen molar-refractivity contribution in [3.05, 3.63) is 22.5 Å². The fourth-order valence-electron chi connectivity index (χ4n) is 1.99. The van der Waals surface area contributed by atoms with Crippen LogP contribution in [0.5, 0.6) is 0 Å². The lowest BCUT2D eigenvalue weighted by Gasteiger charge is -2.09. The van der Waals surface area contributed by atoms with Gasteiger partial charge in [0, 0.05) is 11.4 Å². The van der Waals surface area contributed by atoms with E-state index in [1.165, 1.54) is 29.7 Å². The Morgan fingerprint density at radius 3 is 2.36 bits per heavy atom. The van der Waals surface area contributed by atoms with Gasteiger partial charge in [-0.1, -0.05) is 12.8 Å². The number of nitrogens with one attached hydrogen (secondary N) is 1. The maximum atomic E-state index is 10.0. The molecule has 2 N–H and O–H groups in total. The Bertz CT molecular complexity index is 336. The minimum atomic E-state index is -0.283. The molecular formula is C12H19NO. The van der Waals surface area contributed by atoms with Crippen molar-refractivity contribution >= 4 is 0 Å². The topological polar surface area (TPSA) is 36.0 Å². The van der Waals surface area contributed by atoms with Crippen LogP contribution in [0.2, 0.25) is 0 Å². The number of hydrogen-bond acceptors (Lipinski definition) is 1. The summed E-state index contributed by atoms with van der Waals surface area (Å²) in [6, 6.07) is 0. The van der Waals surface area contributed by atoms with E-state index >= 15 is 0 Å². The first-order chi connectivity index (χ1) is 6.59. The van der Waals surface area contributed by atoms with Gasteiger partial charge in [-0.25, -0.2) is 0 Å². The number of hydrogen-bond donors (Lipinski definition) is 2. The predicted molar refractivity (Wildman–Crippen MR) is 57.3 cm³/mol. The zero-order valence-electron chi connectivity index (χ0n) is 9.22. The van der Waals surface area contributed by atoms with Crippen molar-refractivity contribution in [3.63, 3.8) is 0 Å². The van der Waals surface area contributed by atoms with E-state index in [1.807, 2.05) is 0 Å². The largest absolute Gasteiger partial charge is 0.387 e. The molecular weight excluding hydrogens is 174 g/mol. The molecule has 1 aliphatic rings. The lowest BCUT2D eigenvalue weighted by molar-refractivity contribution is 0.155. The highest BCUT2D eigenvalue weighted by Gasteiger charge is 2.26. The molecule has 1 aromatic rings. The zero-order chi connectivity index (χ0) is 10.3. The van der Waals surface area contributed by atoms with Gasteiger partial charge in [0.1, 0.15) is 0 Å². The number of H-pyrrole nitrogens is 1. The number of aromatic amines is 1. The highest BCUT2D eigenvalue weighted by atomic mass is 16.3. The van der Waals surface area contributed by atoms with Gasteiger partial charge in [-0.2, -0.15) is 0 Å². The molecule has 1 atom stereocenters. The molecule has 0 bridgehead atoms. The number of aryl methyl sites for hydroxylation is 1. The van der Waals surface area contributed by atoms with Crippen molar-refractivity contribution in [1.82, 2.24) is 4.98 Å². The Kier molecular flexibility index (Phi) is 2.40. The molecule has 0 aliphatic heterocycles. The standard InChI is InChI=1S/C12H19NO/c1-7-8(2)12(13-9(7)3)11(14)6-10-4-5-10/h10-11,13-14H,4-6H2,1-3H3. The van der Waals surface area contributed by atoms with Crippen molar-refractivity contribution in [1.29, 1.82) is 0 Å². The van der Waals surface area contributed by atoms with Crippen molar-refractivity contribution in [2.45, 2.75) is 46.1 Å². The molecule has 0 spiro atoms. The molecule has 1 heterocycles. The summed E-state index contributed by atoms with van der Waals surface area (Å²) in [5.74, 6) is 0.772. The Labute approximate surface area is 85.3 Å². The predicted octanol–water partition coefficient (Wildman–Crippen LogP) is 2.77. The van der Waals surface area contributed by atoms with Crippen LogP contribution in [0.4, 0.5) is 0 Å². The van der Waals surface area contributed by atoms with Gasteiger partial charge in [-0.3, -0.25) is 0 Å². The molecule has 2 nitrogen and oxygen atoms in total. The van der Waals surface area contributed by atoms with E-state index in [0.717, 1.165) is 18.0 Å². The molecule has 0 amide bonds. The van der Waals surface area contributed by atoms with Gasteiger partial charge in [-0.15, -0.1) is 0 Å². The Morgan fingerprint density at radius 2 is 1.93 bits per heavy atom. The van der Waals surface area contributed by atoms with Crippen molar-refractivity contribution < 1.29 is 5.11 Å². The molecule has 0 aromatic carbocycles. The molecule has 1 saturated carbocycles. The van der Waals surface area contributed by atoms with E-state index in [0.29, 0.717) is 0 Å². The second-order valence-electron chi connectivity index (χ2n) is 4.61. The van der Waals surface area contributed by atoms with Crippen LogP contribution in [0.3, 0.4) is 0 Å². The van der Waals surface area contributed by atoms with Gasteiger partial charge < -0.3 is 10.1 Å². The fraction of sp³-hybridized carbons (Fsp3) is 0.667. The van der Waals surface area contributed by atoms with E-state index < -0.39 is 0 Å². The summed E-state index contributed by atoms with van der Waals surface area (Å²) >= 11 is 0. The van der Waals surface area contributed by atoms with Crippen LogP contribution in [0.15, 0.2) is 0 Å². The molecule has 78 valence electrons. The molecule has 0 radical (unpaired) electrons. The first-order valence-corrected chi connectivity index (χ1v) is 5.43. The van der Waals surface area contributed by atoms with Gasteiger partial charge in [0.25, 0.3) is 0 Å². The summed E-state index contributed by atoms with van der Waals surface area (Å²) in [6.07, 6.45) is 3.25. The number of aliphatic hydroxyl groups excluding tert-OH is 1. The van der Waals surface area contributed by atoms with E-state index in [2.05, 4.69) is 25.8 Å². The average molecular weight is 193 g/mol. The molecule has 1 unspecified atom stereocenters. The van der Waals surface area contributed by atoms with E-state index in [4.69, 9.17) is 0 Å². The Balaban J connectivity index is 2.17. The Hall–Kier alpha value is -0.760. The highest BCUT2D eigenvalue weighted by molar-refractivity contribution is 5.35. The van der Waals surface area contributed by atoms with Crippen LogP contribution in [0.25, 0.3) is 0 Å². The van der Waals surface area contributed by atoms with Gasteiger partial charge in [0.2, 0.25) is 0 Å². The monoisotopic (exact) mass is 193 g/mol. The first-order valence-electron chi connectivity index (χ1n) is 5.43. The van der Waals surface area contributed by atoms with Gasteiger partial charge in [0.15, 0.2) is 0 Å². The van der Waals surface area contributed by atoms with Gasteiger partial charge >= 0.3 is 0 Å². The second kappa shape index (κ2) is 3.43. The normalized spacial score (nSPS) is 18.6. The maximum Gasteiger partial charge on any atom is 0.0943 e. The average Bonchev–Trinajstić information content (AvgIpc) is 2.90. The van der Waals surface area contributed by atoms with Crippen molar-refractivity contribution in [3.8, 4) is 0 Å². The van der Waals surface area contributed by atoms with Gasteiger partial charge in [0.05, 0.1) is 6.10 Å². The van der Waals surface area contributed by atoms with Crippen molar-refractivity contribution in [2.75, 3.05) is 0 Å². The van der Waals surface area contributed by atoms with E-state index in [1.54, 1.807) is 0 Å². The van der Waals surface area contributed by atoms with Crippen LogP contribution < -0.4 is 0 Å². The second-order valence-corrected chi connectivity index (χ2v) is 4.61. The SMILES string of the molecule is Cc1[nH]c(C(O)CC2CC2)c(C)c1C. The maximum absolute atomic E-state index is 10.0. The summed E-state index contributed by atoms with van der Waals surface area (Å²) in [5, 5.41) is 10.0. The molecule has 1 aliphatic carbocycles. The van der Waals surface area contributed by atoms with Crippen LogP contribution in [0.1, 0.15) is 47.9 Å². The zero-order valence-corrected chi connectivity index (χ0v) is 9.22. The lowest BCUT2D eigenvalue weighted by atomic mass is 10.0. The van der Waals surface area contributed by atoms with Gasteiger partial charge in [-0.05, 0) is 44.2 Å².